The Morgan fingerprint density at radius 2 is 1.41 bits per heavy atom. The third kappa shape index (κ3) is 2.13. The van der Waals surface area contributed by atoms with Crippen LogP contribution in [0.4, 0.5) is 0 Å². The summed E-state index contributed by atoms with van der Waals surface area (Å²) in [6.07, 6.45) is 2.15. The topological polar surface area (TPSA) is 26.0 Å². The maximum absolute atomic E-state index is 6.40. The van der Waals surface area contributed by atoms with Crippen molar-refractivity contribution in [2.75, 3.05) is 0 Å². The lowest BCUT2D eigenvalue weighted by molar-refractivity contribution is 0.643. The van der Waals surface area contributed by atoms with Crippen LogP contribution in [0.3, 0.4) is 0 Å². The maximum Gasteiger partial charge on any atom is 0.0300 e. The van der Waals surface area contributed by atoms with Crippen LogP contribution in [-0.4, -0.2) is 0 Å². The molecule has 0 aliphatic heterocycles. The summed E-state index contributed by atoms with van der Waals surface area (Å²) < 4.78 is 0. The van der Waals surface area contributed by atoms with E-state index in [-0.39, 0.29) is 18.4 Å². The minimum atomic E-state index is 0. The molecule has 2 heteroatoms. The van der Waals surface area contributed by atoms with Crippen molar-refractivity contribution < 1.29 is 0 Å². The smallest absolute Gasteiger partial charge is 0.0300 e. The van der Waals surface area contributed by atoms with Crippen LogP contribution in [0.5, 0.6) is 0 Å². The Morgan fingerprint density at radius 1 is 0.818 bits per heavy atom. The Morgan fingerprint density at radius 3 is 2.09 bits per heavy atom. The molecule has 4 aromatic carbocycles. The fourth-order valence-electron chi connectivity index (χ4n) is 3.55. The molecule has 0 aliphatic rings. The molecule has 0 saturated carbocycles. The summed E-state index contributed by atoms with van der Waals surface area (Å²) in [5.74, 6) is 0. The fraction of sp³-hybridized carbons (Fsp3) is 0.200. The molecule has 4 aromatic rings. The lowest BCUT2D eigenvalue weighted by atomic mass is 9.89. The van der Waals surface area contributed by atoms with Gasteiger partial charge in [0, 0.05) is 6.04 Å². The third-order valence-corrected chi connectivity index (χ3v) is 4.56. The zero-order chi connectivity index (χ0) is 14.4. The van der Waals surface area contributed by atoms with Crippen LogP contribution in [0.15, 0.2) is 54.6 Å². The maximum atomic E-state index is 6.40. The number of benzene rings is 4. The second kappa shape index (κ2) is 5.75. The molecule has 0 bridgehead atoms. The van der Waals surface area contributed by atoms with E-state index in [1.54, 1.807) is 0 Å². The normalized spacial score (nSPS) is 12.8. The number of hydrogen-bond donors (Lipinski definition) is 1. The molecule has 1 atom stereocenters. The predicted octanol–water partition coefficient (Wildman–Crippen LogP) is 5.81. The summed E-state index contributed by atoms with van der Waals surface area (Å²) in [5.41, 5.74) is 7.68. The van der Waals surface area contributed by atoms with E-state index in [9.17, 15) is 0 Å². The number of hydrogen-bond acceptors (Lipinski definition) is 1. The first-order valence-corrected chi connectivity index (χ1v) is 7.71. The van der Waals surface area contributed by atoms with E-state index in [1.165, 1.54) is 37.9 Å². The molecule has 0 saturated heterocycles. The predicted molar refractivity (Wildman–Crippen MR) is 99.2 cm³/mol. The Bertz CT molecular complexity index is 913. The van der Waals surface area contributed by atoms with Crippen molar-refractivity contribution in [1.29, 1.82) is 0 Å². The summed E-state index contributed by atoms with van der Waals surface area (Å²) in [5, 5.41) is 7.99. The second-order valence-corrected chi connectivity index (χ2v) is 5.91. The lowest BCUT2D eigenvalue weighted by Gasteiger charge is -2.17. The molecule has 4 rings (SSSR count). The van der Waals surface area contributed by atoms with Crippen molar-refractivity contribution in [2.24, 2.45) is 5.73 Å². The van der Waals surface area contributed by atoms with Crippen LogP contribution >= 0.6 is 12.4 Å². The first-order valence-electron chi connectivity index (χ1n) is 7.71. The largest absolute Gasteiger partial charge is 0.324 e. The van der Waals surface area contributed by atoms with Gasteiger partial charge in [-0.2, -0.15) is 0 Å². The molecule has 0 unspecified atom stereocenters. The minimum absolute atomic E-state index is 0. The van der Waals surface area contributed by atoms with Crippen molar-refractivity contribution in [3.63, 3.8) is 0 Å². The number of halogens is 1. The molecule has 1 nitrogen and oxygen atoms in total. The summed E-state index contributed by atoms with van der Waals surface area (Å²) in [6.45, 7) is 2.19. The van der Waals surface area contributed by atoms with Crippen LogP contribution in [0.1, 0.15) is 31.4 Å². The van der Waals surface area contributed by atoms with Gasteiger partial charge in [-0.05, 0) is 44.3 Å². The molecule has 0 aliphatic carbocycles. The molecule has 22 heavy (non-hydrogen) atoms. The molecule has 0 heterocycles. The number of rotatable bonds is 3. The van der Waals surface area contributed by atoms with E-state index in [0.717, 1.165) is 12.8 Å². The third-order valence-electron chi connectivity index (χ3n) is 4.56. The van der Waals surface area contributed by atoms with Gasteiger partial charge >= 0.3 is 0 Å². The molecular weight excluding hydrogens is 290 g/mol. The van der Waals surface area contributed by atoms with Crippen molar-refractivity contribution in [3.8, 4) is 0 Å². The van der Waals surface area contributed by atoms with Crippen molar-refractivity contribution in [2.45, 2.75) is 25.8 Å². The van der Waals surface area contributed by atoms with Crippen LogP contribution in [-0.2, 0) is 0 Å². The van der Waals surface area contributed by atoms with Crippen LogP contribution in [0, 0.1) is 0 Å². The van der Waals surface area contributed by atoms with Crippen LogP contribution in [0.2, 0.25) is 0 Å². The Labute approximate surface area is 136 Å². The van der Waals surface area contributed by atoms with Crippen molar-refractivity contribution in [1.82, 2.24) is 0 Å². The summed E-state index contributed by atoms with van der Waals surface area (Å²) in [4.78, 5) is 0. The average molecular weight is 310 g/mol. The Kier molecular flexibility index (Phi) is 3.94. The standard InChI is InChI=1S/C20H19N.ClH/c1-2-4-18(21)16-11-9-15-8-7-13-5-3-6-14-10-12-17(16)20(15)19(13)14;/h3,5-12,18H,2,4,21H2,1H3;1H/t18-;/m0./s1. The van der Waals surface area contributed by atoms with Gasteiger partial charge in [0.1, 0.15) is 0 Å². The van der Waals surface area contributed by atoms with Gasteiger partial charge < -0.3 is 5.73 Å². The molecule has 0 fully saturated rings. The second-order valence-electron chi connectivity index (χ2n) is 5.91. The zero-order valence-corrected chi connectivity index (χ0v) is 13.5. The molecule has 112 valence electrons. The van der Waals surface area contributed by atoms with E-state index in [4.69, 9.17) is 5.73 Å². The highest BCUT2D eigenvalue weighted by molar-refractivity contribution is 6.23. The van der Waals surface area contributed by atoms with Gasteiger partial charge in [-0.1, -0.05) is 67.9 Å². The SMILES string of the molecule is CCC[C@H](N)c1ccc2ccc3cccc4ccc1c2c34.Cl. The number of nitrogens with two attached hydrogens (primary N) is 1. The average Bonchev–Trinajstić information content (AvgIpc) is 2.52. The first kappa shape index (κ1) is 15.1. The van der Waals surface area contributed by atoms with Gasteiger partial charge in [-0.25, -0.2) is 0 Å². The summed E-state index contributed by atoms with van der Waals surface area (Å²) in [7, 11) is 0. The lowest BCUT2D eigenvalue weighted by Crippen LogP contribution is -2.10. The van der Waals surface area contributed by atoms with E-state index in [2.05, 4.69) is 61.5 Å². The van der Waals surface area contributed by atoms with Gasteiger partial charge in [-0.15, -0.1) is 12.4 Å². The Balaban J connectivity index is 0.00000144. The van der Waals surface area contributed by atoms with E-state index in [0.29, 0.717) is 0 Å². The first-order chi connectivity index (χ1) is 10.3. The highest BCUT2D eigenvalue weighted by Crippen LogP contribution is 2.37. The quantitative estimate of drug-likeness (QED) is 0.475. The molecule has 0 aromatic heterocycles. The molecule has 0 spiro atoms. The Hall–Kier alpha value is -1.83. The minimum Gasteiger partial charge on any atom is -0.324 e. The highest BCUT2D eigenvalue weighted by atomic mass is 35.5. The molecular formula is C20H20ClN. The monoisotopic (exact) mass is 309 g/mol. The van der Waals surface area contributed by atoms with Crippen molar-refractivity contribution >= 4 is 44.7 Å². The zero-order valence-electron chi connectivity index (χ0n) is 12.7. The van der Waals surface area contributed by atoms with Crippen LogP contribution < -0.4 is 5.73 Å². The van der Waals surface area contributed by atoms with Gasteiger partial charge in [0.2, 0.25) is 0 Å². The van der Waals surface area contributed by atoms with Gasteiger partial charge in [0.15, 0.2) is 0 Å². The fourth-order valence-corrected chi connectivity index (χ4v) is 3.55. The summed E-state index contributed by atoms with van der Waals surface area (Å²) >= 11 is 0. The van der Waals surface area contributed by atoms with Crippen LogP contribution in [0.25, 0.3) is 32.3 Å². The van der Waals surface area contributed by atoms with E-state index >= 15 is 0 Å². The van der Waals surface area contributed by atoms with Crippen molar-refractivity contribution in [3.05, 3.63) is 60.2 Å². The van der Waals surface area contributed by atoms with Gasteiger partial charge in [0.25, 0.3) is 0 Å². The van der Waals surface area contributed by atoms with E-state index < -0.39 is 0 Å². The molecule has 0 amide bonds. The molecule has 0 radical (unpaired) electrons. The summed E-state index contributed by atoms with van der Waals surface area (Å²) in [6, 6.07) is 20.0. The highest BCUT2D eigenvalue weighted by Gasteiger charge is 2.13. The molecule has 2 N–H and O–H groups in total. The van der Waals surface area contributed by atoms with E-state index in [1.807, 2.05) is 0 Å². The van der Waals surface area contributed by atoms with Gasteiger partial charge in [-0.3, -0.25) is 0 Å². The van der Waals surface area contributed by atoms with Gasteiger partial charge in [0.05, 0.1) is 0 Å².